The smallest absolute Gasteiger partial charge is 0.126 e. The highest BCUT2D eigenvalue weighted by molar-refractivity contribution is 5.91. The molecule has 0 saturated heterocycles. The average molecular weight is 296 g/mol. The quantitative estimate of drug-likeness (QED) is 0.910. The van der Waals surface area contributed by atoms with Gasteiger partial charge < -0.3 is 15.6 Å². The molecule has 0 radical (unpaired) electrons. The molecule has 0 aliphatic rings. The fourth-order valence-electron chi connectivity index (χ4n) is 2.26. The third kappa shape index (κ3) is 2.90. The lowest BCUT2D eigenvalue weighted by atomic mass is 9.80. The van der Waals surface area contributed by atoms with E-state index in [1.165, 1.54) is 0 Å². The largest absolute Gasteiger partial charge is 0.496 e. The van der Waals surface area contributed by atoms with E-state index in [0.717, 1.165) is 22.1 Å². The van der Waals surface area contributed by atoms with Gasteiger partial charge in [-0.15, -0.1) is 12.4 Å². The van der Waals surface area contributed by atoms with Crippen LogP contribution in [0.15, 0.2) is 36.4 Å². The summed E-state index contributed by atoms with van der Waals surface area (Å²) in [5.41, 5.74) is 7.01. The molecule has 0 saturated carbocycles. The maximum atomic E-state index is 9.49. The van der Waals surface area contributed by atoms with Gasteiger partial charge in [-0.05, 0) is 17.0 Å². The highest BCUT2D eigenvalue weighted by atomic mass is 35.5. The molecule has 0 aliphatic heterocycles. The third-order valence-electron chi connectivity index (χ3n) is 3.72. The third-order valence-corrected chi connectivity index (χ3v) is 3.72. The van der Waals surface area contributed by atoms with E-state index in [-0.39, 0.29) is 30.5 Å². The summed E-state index contributed by atoms with van der Waals surface area (Å²) >= 11 is 0. The number of hydrogen-bond donors (Lipinski definition) is 2. The minimum Gasteiger partial charge on any atom is -0.496 e. The van der Waals surface area contributed by atoms with Crippen molar-refractivity contribution in [2.45, 2.75) is 19.9 Å². The molecule has 0 aromatic heterocycles. The number of hydrogen-bond acceptors (Lipinski definition) is 3. The van der Waals surface area contributed by atoms with Gasteiger partial charge in [-0.1, -0.05) is 44.2 Å². The molecule has 0 heterocycles. The molecule has 0 bridgehead atoms. The lowest BCUT2D eigenvalue weighted by Gasteiger charge is -2.30. The van der Waals surface area contributed by atoms with Crippen LogP contribution >= 0.6 is 12.4 Å². The van der Waals surface area contributed by atoms with Crippen LogP contribution < -0.4 is 10.5 Å². The average Bonchev–Trinajstić information content (AvgIpc) is 2.45. The van der Waals surface area contributed by atoms with Gasteiger partial charge in [0.1, 0.15) is 5.75 Å². The zero-order chi connectivity index (χ0) is 14.0. The molecule has 0 aliphatic carbocycles. The molecular formula is C16H22ClNO2. The van der Waals surface area contributed by atoms with Gasteiger partial charge in [0.15, 0.2) is 0 Å². The first-order valence-corrected chi connectivity index (χ1v) is 6.43. The van der Waals surface area contributed by atoms with Crippen LogP contribution in [0, 0.1) is 5.41 Å². The van der Waals surface area contributed by atoms with E-state index in [2.05, 4.69) is 0 Å². The standard InChI is InChI=1S/C16H21NO2.ClH/c1-16(2,10-18)15(17)13-8-9-14(19-3)12-7-5-4-6-11(12)13;/h4-9,15,18H,10,17H2,1-3H3;1H/t15-;/m0./s1. The highest BCUT2D eigenvalue weighted by Crippen LogP contribution is 2.37. The topological polar surface area (TPSA) is 55.5 Å². The second-order valence-electron chi connectivity index (χ2n) is 5.53. The fourth-order valence-corrected chi connectivity index (χ4v) is 2.26. The molecule has 0 fully saturated rings. The van der Waals surface area contributed by atoms with E-state index in [1.807, 2.05) is 50.2 Å². The van der Waals surface area contributed by atoms with Crippen LogP contribution in [0.25, 0.3) is 10.8 Å². The number of benzene rings is 2. The lowest BCUT2D eigenvalue weighted by molar-refractivity contribution is 0.133. The molecule has 0 amide bonds. The molecule has 110 valence electrons. The van der Waals surface area contributed by atoms with E-state index < -0.39 is 0 Å². The van der Waals surface area contributed by atoms with Crippen LogP contribution in [0.4, 0.5) is 0 Å². The van der Waals surface area contributed by atoms with Crippen molar-refractivity contribution in [1.82, 2.24) is 0 Å². The van der Waals surface area contributed by atoms with Crippen molar-refractivity contribution in [2.24, 2.45) is 11.1 Å². The van der Waals surface area contributed by atoms with Crippen LogP contribution in [-0.4, -0.2) is 18.8 Å². The Morgan fingerprint density at radius 2 is 1.75 bits per heavy atom. The Morgan fingerprint density at radius 1 is 1.15 bits per heavy atom. The van der Waals surface area contributed by atoms with Crippen molar-refractivity contribution in [3.05, 3.63) is 42.0 Å². The van der Waals surface area contributed by atoms with Crippen molar-refractivity contribution < 1.29 is 9.84 Å². The van der Waals surface area contributed by atoms with Crippen LogP contribution in [0.3, 0.4) is 0 Å². The number of aliphatic hydroxyl groups is 1. The summed E-state index contributed by atoms with van der Waals surface area (Å²) in [5, 5.41) is 11.6. The predicted octanol–water partition coefficient (Wildman–Crippen LogP) is 3.29. The van der Waals surface area contributed by atoms with Crippen LogP contribution in [0.5, 0.6) is 5.75 Å². The Morgan fingerprint density at radius 3 is 2.30 bits per heavy atom. The SMILES string of the molecule is COc1ccc([C@H](N)C(C)(C)CO)c2ccccc12.Cl. The maximum absolute atomic E-state index is 9.49. The molecule has 1 atom stereocenters. The van der Waals surface area contributed by atoms with Gasteiger partial charge >= 0.3 is 0 Å². The number of fused-ring (bicyclic) bond motifs is 1. The molecule has 0 unspecified atom stereocenters. The molecule has 2 rings (SSSR count). The summed E-state index contributed by atoms with van der Waals surface area (Å²) < 4.78 is 5.38. The first-order chi connectivity index (χ1) is 9.01. The predicted molar refractivity (Wildman–Crippen MR) is 85.5 cm³/mol. The Kier molecular flexibility index (Phi) is 5.40. The van der Waals surface area contributed by atoms with Crippen molar-refractivity contribution >= 4 is 23.2 Å². The number of ether oxygens (including phenoxy) is 1. The van der Waals surface area contributed by atoms with Crippen LogP contribution in [0.1, 0.15) is 25.5 Å². The Balaban J connectivity index is 0.00000200. The second kappa shape index (κ2) is 6.44. The van der Waals surface area contributed by atoms with Gasteiger partial charge in [0, 0.05) is 23.4 Å². The Bertz CT molecular complexity index is 584. The van der Waals surface area contributed by atoms with E-state index in [0.29, 0.717) is 0 Å². The van der Waals surface area contributed by atoms with E-state index in [9.17, 15) is 5.11 Å². The second-order valence-corrected chi connectivity index (χ2v) is 5.53. The normalized spacial score (nSPS) is 12.8. The first-order valence-electron chi connectivity index (χ1n) is 6.43. The Labute approximate surface area is 126 Å². The molecule has 2 aromatic rings. The molecular weight excluding hydrogens is 274 g/mol. The minimum absolute atomic E-state index is 0. The summed E-state index contributed by atoms with van der Waals surface area (Å²) in [6.07, 6.45) is 0. The van der Waals surface area contributed by atoms with E-state index in [4.69, 9.17) is 10.5 Å². The monoisotopic (exact) mass is 295 g/mol. The number of halogens is 1. The van der Waals surface area contributed by atoms with E-state index in [1.54, 1.807) is 7.11 Å². The van der Waals surface area contributed by atoms with Gasteiger partial charge in [0.2, 0.25) is 0 Å². The van der Waals surface area contributed by atoms with Gasteiger partial charge in [-0.2, -0.15) is 0 Å². The minimum atomic E-state index is -0.364. The van der Waals surface area contributed by atoms with E-state index >= 15 is 0 Å². The number of methoxy groups -OCH3 is 1. The van der Waals surface area contributed by atoms with Crippen molar-refractivity contribution in [3.63, 3.8) is 0 Å². The lowest BCUT2D eigenvalue weighted by Crippen LogP contribution is -2.32. The maximum Gasteiger partial charge on any atom is 0.126 e. The number of rotatable bonds is 4. The Hall–Kier alpha value is -1.29. The zero-order valence-corrected chi connectivity index (χ0v) is 12.9. The summed E-state index contributed by atoms with van der Waals surface area (Å²) in [7, 11) is 1.67. The zero-order valence-electron chi connectivity index (χ0n) is 12.1. The van der Waals surface area contributed by atoms with Gasteiger partial charge in [-0.3, -0.25) is 0 Å². The summed E-state index contributed by atoms with van der Waals surface area (Å²) in [6.45, 7) is 3.99. The number of aliphatic hydroxyl groups excluding tert-OH is 1. The van der Waals surface area contributed by atoms with Crippen molar-refractivity contribution in [3.8, 4) is 5.75 Å². The summed E-state index contributed by atoms with van der Waals surface area (Å²) in [4.78, 5) is 0. The molecule has 3 N–H and O–H groups in total. The van der Waals surface area contributed by atoms with Crippen molar-refractivity contribution in [2.75, 3.05) is 13.7 Å². The summed E-state index contributed by atoms with van der Waals surface area (Å²) in [5.74, 6) is 0.841. The molecule has 3 nitrogen and oxygen atoms in total. The van der Waals surface area contributed by atoms with Crippen molar-refractivity contribution in [1.29, 1.82) is 0 Å². The van der Waals surface area contributed by atoms with Gasteiger partial charge in [0.05, 0.1) is 7.11 Å². The summed E-state index contributed by atoms with van der Waals surface area (Å²) in [6, 6.07) is 11.7. The molecule has 20 heavy (non-hydrogen) atoms. The molecule has 4 heteroatoms. The van der Waals surface area contributed by atoms with Crippen LogP contribution in [0.2, 0.25) is 0 Å². The fraction of sp³-hybridized carbons (Fsp3) is 0.375. The number of nitrogens with two attached hydrogens (primary N) is 1. The highest BCUT2D eigenvalue weighted by Gasteiger charge is 2.28. The van der Waals surface area contributed by atoms with Crippen LogP contribution in [-0.2, 0) is 0 Å². The van der Waals surface area contributed by atoms with Gasteiger partial charge in [0.25, 0.3) is 0 Å². The molecule has 2 aromatic carbocycles. The molecule has 0 spiro atoms. The first kappa shape index (κ1) is 16.8. The van der Waals surface area contributed by atoms with Gasteiger partial charge in [-0.25, -0.2) is 0 Å².